The Hall–Kier alpha value is -2.16. The van der Waals surface area contributed by atoms with Gasteiger partial charge in [0.15, 0.2) is 0 Å². The Balaban J connectivity index is 2.40. The molecule has 0 fully saturated rings. The fourth-order valence-electron chi connectivity index (χ4n) is 2.65. The molecule has 4 heteroatoms. The Morgan fingerprint density at radius 2 is 1.56 bits per heavy atom. The van der Waals surface area contributed by atoms with E-state index in [1.807, 2.05) is 93.3 Å². The maximum atomic E-state index is 13.5. The van der Waals surface area contributed by atoms with Crippen LogP contribution in [0.4, 0.5) is 0 Å². The van der Waals surface area contributed by atoms with Crippen molar-refractivity contribution in [2.24, 2.45) is 0 Å². The molecule has 0 heterocycles. The predicted octanol–water partition coefficient (Wildman–Crippen LogP) is 3.89. The van der Waals surface area contributed by atoms with Crippen LogP contribution in [0, 0.1) is 0 Å². The molecule has 1 amide bonds. The molecule has 0 spiro atoms. The van der Waals surface area contributed by atoms with Crippen LogP contribution in [-0.2, 0) is 4.79 Å². The molecule has 1 atom stereocenters. The zero-order valence-corrected chi connectivity index (χ0v) is 18.1. The molecule has 2 rings (SSSR count). The number of amides is 1. The summed E-state index contributed by atoms with van der Waals surface area (Å²) in [5, 5.41) is 0. The summed E-state index contributed by atoms with van der Waals surface area (Å²) >= 11 is -0.287. The van der Waals surface area contributed by atoms with Crippen molar-refractivity contribution in [1.82, 2.24) is 4.90 Å². The molecule has 2 aromatic carbocycles. The Morgan fingerprint density at radius 1 is 1.00 bits per heavy atom. The summed E-state index contributed by atoms with van der Waals surface area (Å²) < 4.78 is 1.05. The molecule has 0 bridgehead atoms. The summed E-state index contributed by atoms with van der Waals surface area (Å²) in [6, 6.07) is 19.0. The van der Waals surface area contributed by atoms with Crippen LogP contribution in [0.25, 0.3) is 0 Å². The number of hydrogen-bond donors (Lipinski definition) is 0. The molecular weight excluding hydrogens is 401 g/mol. The van der Waals surface area contributed by atoms with Crippen molar-refractivity contribution >= 4 is 31.1 Å². The maximum absolute atomic E-state index is 13.5. The van der Waals surface area contributed by atoms with Gasteiger partial charge in [-0.05, 0) is 0 Å². The van der Waals surface area contributed by atoms with Crippen molar-refractivity contribution in [1.29, 1.82) is 0 Å². The van der Waals surface area contributed by atoms with Crippen LogP contribution in [0.1, 0.15) is 38.1 Å². The van der Waals surface area contributed by atoms with Gasteiger partial charge >= 0.3 is 169 Å². The van der Waals surface area contributed by atoms with Gasteiger partial charge in [0.25, 0.3) is 0 Å². The minimum atomic E-state index is -0.674. The molecule has 0 radical (unpaired) electrons. The summed E-state index contributed by atoms with van der Waals surface area (Å²) in [6.45, 7) is 8.46. The predicted molar refractivity (Wildman–Crippen MR) is 113 cm³/mol. The Bertz CT molecular complexity index is 779. The van der Waals surface area contributed by atoms with Crippen LogP contribution < -0.4 is 4.46 Å². The van der Waals surface area contributed by atoms with Crippen LogP contribution in [0.5, 0.6) is 0 Å². The van der Waals surface area contributed by atoms with Crippen molar-refractivity contribution in [3.05, 3.63) is 78.4 Å². The number of hydrogen-bond acceptors (Lipinski definition) is 2. The molecule has 1 unspecified atom stereocenters. The molecule has 0 aliphatic heterocycles. The van der Waals surface area contributed by atoms with Crippen LogP contribution in [-0.4, -0.2) is 43.6 Å². The third kappa shape index (κ3) is 5.92. The molecule has 0 saturated heterocycles. The molecule has 3 nitrogen and oxygen atoms in total. The van der Waals surface area contributed by atoms with E-state index in [1.54, 1.807) is 12.1 Å². The summed E-state index contributed by atoms with van der Waals surface area (Å²) in [6.07, 6.45) is 3.89. The zero-order chi connectivity index (χ0) is 19.9. The van der Waals surface area contributed by atoms with E-state index in [1.165, 1.54) is 0 Å². The van der Waals surface area contributed by atoms with Crippen molar-refractivity contribution in [2.75, 3.05) is 6.54 Å². The van der Waals surface area contributed by atoms with Gasteiger partial charge in [0.2, 0.25) is 0 Å². The third-order valence-electron chi connectivity index (χ3n) is 4.12. The van der Waals surface area contributed by atoms with Gasteiger partial charge in [-0.1, -0.05) is 0 Å². The Morgan fingerprint density at radius 3 is 2.07 bits per heavy atom. The van der Waals surface area contributed by atoms with E-state index in [0.29, 0.717) is 12.1 Å². The van der Waals surface area contributed by atoms with Crippen molar-refractivity contribution < 1.29 is 9.59 Å². The van der Waals surface area contributed by atoms with Gasteiger partial charge in [0.05, 0.1) is 0 Å². The van der Waals surface area contributed by atoms with Crippen molar-refractivity contribution in [3.63, 3.8) is 0 Å². The van der Waals surface area contributed by atoms with Gasteiger partial charge in [-0.3, -0.25) is 0 Å². The molecular formula is C23H27NO2Se. The molecule has 2 aromatic rings. The normalized spacial score (nSPS) is 12.7. The molecule has 0 saturated carbocycles. The quantitative estimate of drug-likeness (QED) is 0.290. The Kier molecular flexibility index (Phi) is 7.58. The van der Waals surface area contributed by atoms with E-state index < -0.39 is 4.82 Å². The van der Waals surface area contributed by atoms with Crippen LogP contribution in [0.3, 0.4) is 0 Å². The van der Waals surface area contributed by atoms with E-state index in [2.05, 4.69) is 0 Å². The number of allylic oxidation sites excluding steroid dienone is 1. The monoisotopic (exact) mass is 429 g/mol. The second-order valence-corrected chi connectivity index (χ2v) is 9.70. The number of carbonyl (C=O) groups excluding carboxylic acids is 2. The average molecular weight is 428 g/mol. The topological polar surface area (TPSA) is 37.4 Å². The third-order valence-corrected chi connectivity index (χ3v) is 6.63. The van der Waals surface area contributed by atoms with E-state index in [-0.39, 0.29) is 32.2 Å². The Labute approximate surface area is 168 Å². The minimum absolute atomic E-state index is 0.0980. The first-order valence-electron chi connectivity index (χ1n) is 9.08. The fourth-order valence-corrected chi connectivity index (χ4v) is 4.87. The number of benzene rings is 2. The number of rotatable bonds is 7. The molecule has 27 heavy (non-hydrogen) atoms. The second kappa shape index (κ2) is 9.68. The fraction of sp³-hybridized carbons (Fsp3) is 0.304. The molecule has 0 aliphatic carbocycles. The van der Waals surface area contributed by atoms with Gasteiger partial charge in [-0.25, -0.2) is 0 Å². The molecule has 142 valence electrons. The summed E-state index contributed by atoms with van der Waals surface area (Å²) in [4.78, 5) is 27.9. The van der Waals surface area contributed by atoms with E-state index >= 15 is 0 Å². The van der Waals surface area contributed by atoms with Gasteiger partial charge in [-0.15, -0.1) is 0 Å². The molecule has 0 aliphatic rings. The summed E-state index contributed by atoms with van der Waals surface area (Å²) in [5.41, 5.74) is 0.229. The number of ketones is 1. The van der Waals surface area contributed by atoms with Gasteiger partial charge in [-0.2, -0.15) is 0 Å². The first-order chi connectivity index (χ1) is 12.8. The van der Waals surface area contributed by atoms with E-state index in [9.17, 15) is 9.59 Å². The SMILES string of the molecule is C/C=C/CN(C(=O)C([Se]c1ccccc1)C(=O)c1ccccc1)C(C)(C)C. The number of carbonyl (C=O) groups is 2. The van der Waals surface area contributed by atoms with E-state index in [4.69, 9.17) is 0 Å². The summed E-state index contributed by atoms with van der Waals surface area (Å²) in [5.74, 6) is -0.197. The standard InChI is InChI=1S/C23H27NO2Se/c1-5-6-17-24(23(2,3)4)22(26)21(27-19-15-11-8-12-16-19)20(25)18-13-9-7-10-14-18/h5-16,21H,17H2,1-4H3/b6-5+. The van der Waals surface area contributed by atoms with Crippen molar-refractivity contribution in [3.8, 4) is 0 Å². The molecule has 0 aromatic heterocycles. The van der Waals surface area contributed by atoms with Crippen LogP contribution in [0.2, 0.25) is 4.82 Å². The van der Waals surface area contributed by atoms with Crippen molar-refractivity contribution in [2.45, 2.75) is 38.1 Å². The molecule has 0 N–H and O–H groups in total. The van der Waals surface area contributed by atoms with Gasteiger partial charge in [0.1, 0.15) is 0 Å². The summed E-state index contributed by atoms with van der Waals surface area (Å²) in [7, 11) is 0. The van der Waals surface area contributed by atoms with Crippen LogP contribution in [0.15, 0.2) is 72.8 Å². The van der Waals surface area contributed by atoms with E-state index in [0.717, 1.165) is 4.46 Å². The van der Waals surface area contributed by atoms with Gasteiger partial charge in [0, 0.05) is 0 Å². The first kappa shape index (κ1) is 21.1. The zero-order valence-electron chi connectivity index (χ0n) is 16.4. The second-order valence-electron chi connectivity index (χ2n) is 7.23. The van der Waals surface area contributed by atoms with Gasteiger partial charge < -0.3 is 0 Å². The number of nitrogens with zero attached hydrogens (tertiary/aromatic N) is 1. The number of Topliss-reactive ketones (excluding diaryl/α,β-unsaturated/α-hetero) is 1. The van der Waals surface area contributed by atoms with Crippen LogP contribution >= 0.6 is 0 Å². The average Bonchev–Trinajstić information content (AvgIpc) is 2.66. The first-order valence-corrected chi connectivity index (χ1v) is 10.9.